The van der Waals surface area contributed by atoms with Crippen molar-refractivity contribution in [1.82, 2.24) is 20.2 Å². The van der Waals surface area contributed by atoms with Gasteiger partial charge in [-0.3, -0.25) is 0 Å². The molecule has 0 saturated heterocycles. The molecule has 0 fully saturated rings. The summed E-state index contributed by atoms with van der Waals surface area (Å²) in [4.78, 5) is 1.45. The third-order valence-electron chi connectivity index (χ3n) is 1.15. The Morgan fingerprint density at radius 1 is 1.60 bits per heavy atom. The molecule has 1 aromatic rings. The highest BCUT2D eigenvalue weighted by Crippen LogP contribution is 1.89. The Morgan fingerprint density at radius 3 is 2.90 bits per heavy atom. The first-order valence-corrected chi connectivity index (χ1v) is 3.26. The first-order chi connectivity index (χ1) is 4.83. The van der Waals surface area contributed by atoms with Gasteiger partial charge in [0.25, 0.3) is 0 Å². The van der Waals surface area contributed by atoms with Gasteiger partial charge in [-0.05, 0) is 18.2 Å². The minimum absolute atomic E-state index is 0.679. The topological polar surface area (TPSA) is 69.6 Å². The summed E-state index contributed by atoms with van der Waals surface area (Å²) in [6, 6.07) is 0. The molecule has 0 saturated carbocycles. The molecule has 5 nitrogen and oxygen atoms in total. The largest absolute Gasteiger partial charge is 0.330 e. The number of tetrazole rings is 1. The number of nitrogens with zero attached hydrogens (tertiary/aromatic N) is 4. The number of aromatic nitrogens is 4. The fraction of sp³-hybridized carbons (Fsp3) is 0.800. The van der Waals surface area contributed by atoms with Crippen LogP contribution < -0.4 is 5.73 Å². The van der Waals surface area contributed by atoms with Gasteiger partial charge in [0.1, 0.15) is 0 Å². The quantitative estimate of drug-likeness (QED) is 0.592. The van der Waals surface area contributed by atoms with Gasteiger partial charge in [0, 0.05) is 6.42 Å². The fourth-order valence-electron chi connectivity index (χ4n) is 0.684. The summed E-state index contributed by atoms with van der Waals surface area (Å²) in [5.74, 6) is 0.771. The van der Waals surface area contributed by atoms with Crippen LogP contribution in [0.15, 0.2) is 0 Å². The van der Waals surface area contributed by atoms with E-state index in [1.54, 1.807) is 7.05 Å². The van der Waals surface area contributed by atoms with Crippen LogP contribution in [0.1, 0.15) is 12.2 Å². The van der Waals surface area contributed by atoms with E-state index in [-0.39, 0.29) is 0 Å². The van der Waals surface area contributed by atoms with Crippen LogP contribution in [0.25, 0.3) is 0 Å². The highest BCUT2D eigenvalue weighted by Gasteiger charge is 1.97. The lowest BCUT2D eigenvalue weighted by atomic mass is 10.3. The van der Waals surface area contributed by atoms with Crippen LogP contribution in [0.2, 0.25) is 0 Å². The van der Waals surface area contributed by atoms with Crippen molar-refractivity contribution in [3.63, 3.8) is 0 Å². The van der Waals surface area contributed by atoms with Gasteiger partial charge in [0.05, 0.1) is 7.05 Å². The molecular formula is C5H11N5. The Morgan fingerprint density at radius 2 is 2.40 bits per heavy atom. The Bertz CT molecular complexity index is 194. The summed E-state index contributed by atoms with van der Waals surface area (Å²) in [6.45, 7) is 0.679. The van der Waals surface area contributed by atoms with E-state index in [4.69, 9.17) is 5.73 Å². The molecule has 0 spiro atoms. The van der Waals surface area contributed by atoms with Gasteiger partial charge < -0.3 is 5.73 Å². The highest BCUT2D eigenvalue weighted by atomic mass is 15.6. The second-order valence-corrected chi connectivity index (χ2v) is 2.09. The summed E-state index contributed by atoms with van der Waals surface area (Å²) in [6.07, 6.45) is 1.75. The molecule has 0 aliphatic carbocycles. The number of hydrogen-bond donors (Lipinski definition) is 1. The van der Waals surface area contributed by atoms with Crippen LogP contribution in [0.4, 0.5) is 0 Å². The Hall–Kier alpha value is -0.970. The maximum atomic E-state index is 5.30. The highest BCUT2D eigenvalue weighted by molar-refractivity contribution is 4.75. The Labute approximate surface area is 59.2 Å². The van der Waals surface area contributed by atoms with Crippen molar-refractivity contribution in [2.75, 3.05) is 6.54 Å². The molecule has 0 bridgehead atoms. The summed E-state index contributed by atoms with van der Waals surface area (Å²) in [7, 11) is 1.75. The van der Waals surface area contributed by atoms with Crippen molar-refractivity contribution >= 4 is 0 Å². The minimum atomic E-state index is 0.679. The molecule has 0 radical (unpaired) electrons. The second kappa shape index (κ2) is 3.26. The van der Waals surface area contributed by atoms with Crippen LogP contribution in [0, 0.1) is 0 Å². The monoisotopic (exact) mass is 141 g/mol. The third kappa shape index (κ3) is 1.77. The van der Waals surface area contributed by atoms with E-state index >= 15 is 0 Å². The van der Waals surface area contributed by atoms with Gasteiger partial charge in [-0.1, -0.05) is 0 Å². The van der Waals surface area contributed by atoms with Crippen molar-refractivity contribution in [2.24, 2.45) is 12.8 Å². The normalized spacial score (nSPS) is 10.2. The molecule has 5 heteroatoms. The molecule has 10 heavy (non-hydrogen) atoms. The van der Waals surface area contributed by atoms with Gasteiger partial charge in [-0.25, -0.2) is 0 Å². The Kier molecular flexibility index (Phi) is 2.33. The lowest BCUT2D eigenvalue weighted by Crippen LogP contribution is -2.01. The van der Waals surface area contributed by atoms with Crippen molar-refractivity contribution in [1.29, 1.82) is 0 Å². The van der Waals surface area contributed by atoms with Gasteiger partial charge in [0.15, 0.2) is 5.82 Å². The van der Waals surface area contributed by atoms with Crippen molar-refractivity contribution < 1.29 is 0 Å². The maximum Gasteiger partial charge on any atom is 0.174 e. The zero-order valence-electron chi connectivity index (χ0n) is 5.99. The molecule has 1 rings (SSSR count). The lowest BCUT2D eigenvalue weighted by Gasteiger charge is -1.87. The van der Waals surface area contributed by atoms with Crippen LogP contribution >= 0.6 is 0 Å². The molecule has 0 unspecified atom stereocenters. The summed E-state index contributed by atoms with van der Waals surface area (Å²) < 4.78 is 0. The van der Waals surface area contributed by atoms with Crippen molar-refractivity contribution in [3.8, 4) is 0 Å². The van der Waals surface area contributed by atoms with Gasteiger partial charge >= 0.3 is 0 Å². The molecule has 2 N–H and O–H groups in total. The van der Waals surface area contributed by atoms with E-state index in [1.165, 1.54) is 4.80 Å². The predicted octanol–water partition coefficient (Wildman–Crippen LogP) is -0.899. The fourth-order valence-corrected chi connectivity index (χ4v) is 0.684. The van der Waals surface area contributed by atoms with E-state index < -0.39 is 0 Å². The number of hydrogen-bond acceptors (Lipinski definition) is 4. The number of rotatable bonds is 3. The first-order valence-electron chi connectivity index (χ1n) is 3.26. The Balaban J connectivity index is 2.42. The second-order valence-electron chi connectivity index (χ2n) is 2.09. The zero-order chi connectivity index (χ0) is 7.40. The smallest absolute Gasteiger partial charge is 0.174 e. The molecule has 1 aromatic heterocycles. The molecule has 0 aromatic carbocycles. The zero-order valence-corrected chi connectivity index (χ0v) is 5.99. The summed E-state index contributed by atoms with van der Waals surface area (Å²) in [5.41, 5.74) is 5.30. The first kappa shape index (κ1) is 7.14. The van der Waals surface area contributed by atoms with Crippen LogP contribution in [0.3, 0.4) is 0 Å². The predicted molar refractivity (Wildman–Crippen MR) is 36.2 cm³/mol. The van der Waals surface area contributed by atoms with Crippen LogP contribution in [-0.2, 0) is 13.5 Å². The molecule has 0 aliphatic rings. The number of aryl methyl sites for hydroxylation is 2. The number of nitrogens with two attached hydrogens (primary N) is 1. The molecular weight excluding hydrogens is 130 g/mol. The van der Waals surface area contributed by atoms with E-state index in [0.29, 0.717) is 6.54 Å². The standard InChI is InChI=1S/C5H11N5/c1-10-8-5(7-9-10)3-2-4-6/h2-4,6H2,1H3. The van der Waals surface area contributed by atoms with E-state index in [2.05, 4.69) is 15.4 Å². The van der Waals surface area contributed by atoms with E-state index in [0.717, 1.165) is 18.7 Å². The average molecular weight is 141 g/mol. The van der Waals surface area contributed by atoms with Crippen LogP contribution in [0.5, 0.6) is 0 Å². The maximum absolute atomic E-state index is 5.30. The molecule has 1 heterocycles. The van der Waals surface area contributed by atoms with E-state index in [1.807, 2.05) is 0 Å². The SMILES string of the molecule is Cn1nnc(CCCN)n1. The molecule has 0 aliphatic heterocycles. The third-order valence-corrected chi connectivity index (χ3v) is 1.15. The molecule has 56 valence electrons. The molecule has 0 amide bonds. The van der Waals surface area contributed by atoms with Gasteiger partial charge in [-0.15, -0.1) is 10.2 Å². The molecule has 0 atom stereocenters. The van der Waals surface area contributed by atoms with Crippen LogP contribution in [-0.4, -0.2) is 26.8 Å². The van der Waals surface area contributed by atoms with Crippen molar-refractivity contribution in [2.45, 2.75) is 12.8 Å². The lowest BCUT2D eigenvalue weighted by molar-refractivity contribution is 0.626. The van der Waals surface area contributed by atoms with Gasteiger partial charge in [-0.2, -0.15) is 4.80 Å². The van der Waals surface area contributed by atoms with E-state index in [9.17, 15) is 0 Å². The average Bonchev–Trinajstić information content (AvgIpc) is 2.31. The summed E-state index contributed by atoms with van der Waals surface area (Å²) >= 11 is 0. The summed E-state index contributed by atoms with van der Waals surface area (Å²) in [5, 5.41) is 11.5. The minimum Gasteiger partial charge on any atom is -0.330 e. The van der Waals surface area contributed by atoms with Gasteiger partial charge in [0.2, 0.25) is 0 Å². The van der Waals surface area contributed by atoms with Crippen molar-refractivity contribution in [3.05, 3.63) is 5.82 Å².